The van der Waals surface area contributed by atoms with E-state index < -0.39 is 12.0 Å². The van der Waals surface area contributed by atoms with Gasteiger partial charge in [0.15, 0.2) is 0 Å². The number of nitrogens with zero attached hydrogens (tertiary/aromatic N) is 2. The van der Waals surface area contributed by atoms with E-state index in [1.165, 1.54) is 13.0 Å². The van der Waals surface area contributed by atoms with Gasteiger partial charge in [-0.05, 0) is 96.3 Å². The Morgan fingerprint density at radius 3 is 2.37 bits per heavy atom. The molecule has 0 saturated carbocycles. The van der Waals surface area contributed by atoms with E-state index in [1.54, 1.807) is 12.1 Å². The summed E-state index contributed by atoms with van der Waals surface area (Å²) in [4.78, 5) is 28.8. The summed E-state index contributed by atoms with van der Waals surface area (Å²) in [7, 11) is 2.03. The molecular formula is C27H35F3N2O3. The predicted octanol–water partition coefficient (Wildman–Crippen LogP) is 5.49. The molecule has 2 saturated heterocycles. The van der Waals surface area contributed by atoms with Crippen LogP contribution in [0.2, 0.25) is 0 Å². The van der Waals surface area contributed by atoms with Crippen molar-refractivity contribution in [1.29, 1.82) is 0 Å². The number of carbonyl (C=O) groups is 2. The van der Waals surface area contributed by atoms with Crippen molar-refractivity contribution in [2.24, 2.45) is 0 Å². The number of Topliss-reactive ketones (excluding diaryl/α,β-unsaturated/α-hetero) is 1. The monoisotopic (exact) mass is 492 g/mol. The molecule has 0 N–H and O–H groups in total. The Kier molecular flexibility index (Phi) is 8.14. The Hall–Kier alpha value is -2.61. The van der Waals surface area contributed by atoms with Crippen LogP contribution in [0.1, 0.15) is 62.4 Å². The summed E-state index contributed by atoms with van der Waals surface area (Å²) in [6.07, 6.45) is 1.21. The summed E-state index contributed by atoms with van der Waals surface area (Å²) >= 11 is 0. The van der Waals surface area contributed by atoms with Crippen molar-refractivity contribution in [2.45, 2.75) is 71.2 Å². The molecule has 5 nitrogen and oxygen atoms in total. The Bertz CT molecular complexity index is 1020. The van der Waals surface area contributed by atoms with Crippen molar-refractivity contribution >= 4 is 11.7 Å². The highest BCUT2D eigenvalue weighted by atomic mass is 19.4. The summed E-state index contributed by atoms with van der Waals surface area (Å²) in [6, 6.07) is 5.48. The molecule has 35 heavy (non-hydrogen) atoms. The van der Waals surface area contributed by atoms with Gasteiger partial charge in [0.05, 0.1) is 6.10 Å². The SMILES string of the molecule is C/C(=C\C=C1/CCCN(C)C12CCN(C(=O)c1ccc(OC(C)C)c(C)c1)CC2)C(=O)C(F)(F)F. The van der Waals surface area contributed by atoms with Crippen molar-refractivity contribution in [2.75, 3.05) is 26.7 Å². The van der Waals surface area contributed by atoms with Gasteiger partial charge in [-0.1, -0.05) is 12.2 Å². The fraction of sp³-hybridized carbons (Fsp3) is 0.556. The van der Waals surface area contributed by atoms with E-state index in [-0.39, 0.29) is 23.1 Å². The topological polar surface area (TPSA) is 49.9 Å². The third kappa shape index (κ3) is 5.97. The standard InChI is InChI=1S/C27H35F3N2O3/c1-18(2)35-23-11-9-21(17-20(23)4)25(34)32-15-12-26(13-16-32)22(7-6-14-31(26)5)10-8-19(3)24(33)27(28,29)30/h8-11,17-18H,6-7,12-16H2,1-5H3/b19-8+,22-10+. The lowest BCUT2D eigenvalue weighted by Gasteiger charge is -2.51. The van der Waals surface area contributed by atoms with Gasteiger partial charge in [0, 0.05) is 29.8 Å². The van der Waals surface area contributed by atoms with Crippen LogP contribution in [0.3, 0.4) is 0 Å². The van der Waals surface area contributed by atoms with Crippen LogP contribution in [0.5, 0.6) is 5.75 Å². The average molecular weight is 493 g/mol. The predicted molar refractivity (Wildman–Crippen MR) is 130 cm³/mol. The Morgan fingerprint density at radius 2 is 1.80 bits per heavy atom. The van der Waals surface area contributed by atoms with Crippen molar-refractivity contribution in [1.82, 2.24) is 9.80 Å². The number of aryl methyl sites for hydroxylation is 1. The number of piperidine rings is 2. The summed E-state index contributed by atoms with van der Waals surface area (Å²) in [5.74, 6) is -1.08. The van der Waals surface area contributed by atoms with Crippen LogP contribution in [0, 0.1) is 6.92 Å². The summed E-state index contributed by atoms with van der Waals surface area (Å²) in [5, 5.41) is 0. The maximum Gasteiger partial charge on any atom is 0.454 e. The Morgan fingerprint density at radius 1 is 1.14 bits per heavy atom. The molecule has 0 atom stereocenters. The third-order valence-electron chi connectivity index (χ3n) is 7.08. The number of benzene rings is 1. The quantitative estimate of drug-likeness (QED) is 0.511. The fourth-order valence-corrected chi connectivity index (χ4v) is 5.10. The van der Waals surface area contributed by atoms with E-state index in [2.05, 4.69) is 4.90 Å². The normalized spacial score (nSPS) is 20.5. The van der Waals surface area contributed by atoms with E-state index in [0.29, 0.717) is 31.5 Å². The number of likely N-dealkylation sites (N-methyl/N-ethyl adjacent to an activating group) is 1. The van der Waals surface area contributed by atoms with Crippen LogP contribution >= 0.6 is 0 Å². The minimum atomic E-state index is -4.87. The van der Waals surface area contributed by atoms with E-state index in [0.717, 1.165) is 36.3 Å². The maximum absolute atomic E-state index is 13.2. The lowest BCUT2D eigenvalue weighted by Crippen LogP contribution is -2.58. The molecule has 1 amide bonds. The van der Waals surface area contributed by atoms with E-state index >= 15 is 0 Å². The smallest absolute Gasteiger partial charge is 0.454 e. The van der Waals surface area contributed by atoms with Crippen molar-refractivity contribution in [3.8, 4) is 5.75 Å². The molecule has 1 aromatic rings. The summed E-state index contributed by atoms with van der Waals surface area (Å²) in [5.41, 5.74) is 1.91. The molecule has 0 unspecified atom stereocenters. The third-order valence-corrected chi connectivity index (χ3v) is 7.08. The van der Waals surface area contributed by atoms with E-state index in [4.69, 9.17) is 4.74 Å². The first kappa shape index (κ1) is 27.0. The van der Waals surface area contributed by atoms with Gasteiger partial charge in [-0.3, -0.25) is 14.5 Å². The van der Waals surface area contributed by atoms with Crippen LogP contribution in [0.15, 0.2) is 41.5 Å². The molecule has 1 aromatic carbocycles. The second-order valence-corrected chi connectivity index (χ2v) is 9.86. The van der Waals surface area contributed by atoms with Crippen LogP contribution in [0.4, 0.5) is 13.2 Å². The first-order valence-electron chi connectivity index (χ1n) is 12.1. The number of allylic oxidation sites excluding steroid dienone is 3. The lowest BCUT2D eigenvalue weighted by molar-refractivity contribution is -0.166. The number of amides is 1. The van der Waals surface area contributed by atoms with Gasteiger partial charge in [0.1, 0.15) is 5.75 Å². The molecule has 0 radical (unpaired) electrons. The number of alkyl halides is 3. The number of halogens is 3. The second-order valence-electron chi connectivity index (χ2n) is 9.86. The zero-order chi connectivity index (χ0) is 26.0. The summed E-state index contributed by atoms with van der Waals surface area (Å²) < 4.78 is 44.1. The molecule has 0 aromatic heterocycles. The first-order chi connectivity index (χ1) is 16.3. The Balaban J connectivity index is 1.76. The molecule has 1 spiro atoms. The molecule has 2 aliphatic heterocycles. The van der Waals surface area contributed by atoms with E-state index in [9.17, 15) is 22.8 Å². The minimum absolute atomic E-state index is 0.0328. The molecule has 8 heteroatoms. The largest absolute Gasteiger partial charge is 0.491 e. The fourth-order valence-electron chi connectivity index (χ4n) is 5.10. The molecule has 3 rings (SSSR count). The number of rotatable bonds is 5. The zero-order valence-electron chi connectivity index (χ0n) is 21.2. The highest BCUT2D eigenvalue weighted by molar-refractivity contribution is 5.99. The van der Waals surface area contributed by atoms with Crippen molar-refractivity contribution < 1.29 is 27.5 Å². The highest BCUT2D eigenvalue weighted by Crippen LogP contribution is 2.41. The molecule has 2 heterocycles. The van der Waals surface area contributed by atoms with Crippen LogP contribution in [-0.2, 0) is 4.79 Å². The number of ether oxygens (including phenoxy) is 1. The summed E-state index contributed by atoms with van der Waals surface area (Å²) in [6.45, 7) is 9.02. The number of likely N-dealkylation sites (tertiary alicyclic amines) is 2. The van der Waals surface area contributed by atoms with Crippen LogP contribution in [-0.4, -0.2) is 66.0 Å². The van der Waals surface area contributed by atoms with Gasteiger partial charge in [0.2, 0.25) is 0 Å². The van der Waals surface area contributed by atoms with E-state index in [1.807, 2.05) is 44.9 Å². The molecule has 2 aliphatic rings. The Labute approximate surface area is 205 Å². The number of ketones is 1. The van der Waals surface area contributed by atoms with Gasteiger partial charge >= 0.3 is 6.18 Å². The highest BCUT2D eigenvalue weighted by Gasteiger charge is 2.44. The van der Waals surface area contributed by atoms with Crippen molar-refractivity contribution in [3.05, 3.63) is 52.6 Å². The molecule has 0 aliphatic carbocycles. The zero-order valence-corrected chi connectivity index (χ0v) is 21.2. The second kappa shape index (κ2) is 10.6. The maximum atomic E-state index is 13.2. The number of hydrogen-bond acceptors (Lipinski definition) is 4. The number of hydrogen-bond donors (Lipinski definition) is 0. The van der Waals surface area contributed by atoms with Crippen LogP contribution < -0.4 is 4.74 Å². The van der Waals surface area contributed by atoms with Gasteiger partial charge < -0.3 is 9.64 Å². The lowest BCUT2D eigenvalue weighted by atomic mass is 9.74. The van der Waals surface area contributed by atoms with Crippen molar-refractivity contribution in [3.63, 3.8) is 0 Å². The minimum Gasteiger partial charge on any atom is -0.491 e. The molecule has 192 valence electrons. The molecular weight excluding hydrogens is 457 g/mol. The van der Waals surface area contributed by atoms with Gasteiger partial charge in [-0.25, -0.2) is 0 Å². The van der Waals surface area contributed by atoms with Gasteiger partial charge in [-0.2, -0.15) is 13.2 Å². The van der Waals surface area contributed by atoms with Crippen LogP contribution in [0.25, 0.3) is 0 Å². The average Bonchev–Trinajstić information content (AvgIpc) is 2.80. The number of carbonyl (C=O) groups excluding carboxylic acids is 2. The molecule has 0 bridgehead atoms. The van der Waals surface area contributed by atoms with Gasteiger partial charge in [-0.15, -0.1) is 0 Å². The first-order valence-corrected chi connectivity index (χ1v) is 12.1. The molecule has 2 fully saturated rings. The van der Waals surface area contributed by atoms with Gasteiger partial charge in [0.25, 0.3) is 11.7 Å².